The summed E-state index contributed by atoms with van der Waals surface area (Å²) in [6.07, 6.45) is 0. The fraction of sp³-hybridized carbons (Fsp3) is 0.312. The van der Waals surface area contributed by atoms with E-state index in [9.17, 15) is 4.79 Å². The molecule has 1 atom stereocenters. The largest absolute Gasteiger partial charge is 0.324 e. The number of carbonyl (C=O) groups is 1. The van der Waals surface area contributed by atoms with E-state index in [1.807, 2.05) is 50.4 Å². The van der Waals surface area contributed by atoms with Crippen molar-refractivity contribution in [3.05, 3.63) is 51.7 Å². The minimum atomic E-state index is -0.226. The second-order valence-corrected chi connectivity index (χ2v) is 5.97. The zero-order chi connectivity index (χ0) is 14.5. The summed E-state index contributed by atoms with van der Waals surface area (Å²) < 4.78 is 0. The second-order valence-electron chi connectivity index (χ2n) is 4.94. The third kappa shape index (κ3) is 3.68. The molecule has 0 saturated carbocycles. The van der Waals surface area contributed by atoms with E-state index >= 15 is 0 Å². The molecule has 0 aliphatic heterocycles. The Morgan fingerprint density at radius 2 is 1.90 bits per heavy atom. The minimum absolute atomic E-state index is 0.000967. The van der Waals surface area contributed by atoms with Gasteiger partial charge in [-0.1, -0.05) is 24.3 Å². The maximum atomic E-state index is 12.2. The molecule has 1 aromatic carbocycles. The average molecular weight is 288 g/mol. The highest BCUT2D eigenvalue weighted by Gasteiger charge is 2.14. The zero-order valence-electron chi connectivity index (χ0n) is 12.1. The molecule has 106 valence electrons. The summed E-state index contributed by atoms with van der Waals surface area (Å²) in [6.45, 7) is 6.62. The van der Waals surface area contributed by atoms with Crippen molar-refractivity contribution in [3.63, 3.8) is 0 Å². The van der Waals surface area contributed by atoms with Crippen molar-refractivity contribution in [2.45, 2.75) is 33.4 Å². The highest BCUT2D eigenvalue weighted by atomic mass is 32.1. The first-order valence-corrected chi connectivity index (χ1v) is 7.58. The molecule has 20 heavy (non-hydrogen) atoms. The van der Waals surface area contributed by atoms with Crippen LogP contribution in [0.4, 0.5) is 5.69 Å². The van der Waals surface area contributed by atoms with Gasteiger partial charge in [0.15, 0.2) is 0 Å². The Balaban J connectivity index is 1.94. The molecule has 0 fully saturated rings. The molecular formula is C16H20N2OS. The number of anilines is 1. The molecule has 0 aliphatic rings. The molecule has 0 unspecified atom stereocenters. The summed E-state index contributed by atoms with van der Waals surface area (Å²) in [6, 6.07) is 9.87. The third-order valence-electron chi connectivity index (χ3n) is 3.29. The monoisotopic (exact) mass is 288 g/mol. The first-order valence-electron chi connectivity index (χ1n) is 6.71. The van der Waals surface area contributed by atoms with Crippen molar-refractivity contribution in [1.82, 2.24) is 5.32 Å². The van der Waals surface area contributed by atoms with Gasteiger partial charge in [0.05, 0.1) is 6.04 Å². The lowest BCUT2D eigenvalue weighted by atomic mass is 10.1. The quantitative estimate of drug-likeness (QED) is 0.884. The van der Waals surface area contributed by atoms with Crippen LogP contribution in [0.15, 0.2) is 35.7 Å². The van der Waals surface area contributed by atoms with E-state index in [1.54, 1.807) is 11.3 Å². The lowest BCUT2D eigenvalue weighted by molar-refractivity contribution is -0.117. The number of thiophene rings is 1. The Labute approximate surface area is 124 Å². The Morgan fingerprint density at radius 3 is 2.50 bits per heavy atom. The highest BCUT2D eigenvalue weighted by molar-refractivity contribution is 7.09. The number of aryl methyl sites for hydroxylation is 2. The summed E-state index contributed by atoms with van der Waals surface area (Å²) in [4.78, 5) is 13.4. The van der Waals surface area contributed by atoms with E-state index in [2.05, 4.69) is 16.7 Å². The van der Waals surface area contributed by atoms with Crippen LogP contribution < -0.4 is 10.6 Å². The maximum Gasteiger partial charge on any atom is 0.241 e. The average Bonchev–Trinajstić information content (AvgIpc) is 2.93. The molecule has 0 radical (unpaired) electrons. The van der Waals surface area contributed by atoms with E-state index in [0.29, 0.717) is 0 Å². The van der Waals surface area contributed by atoms with Gasteiger partial charge in [0.2, 0.25) is 5.91 Å². The van der Waals surface area contributed by atoms with Crippen molar-refractivity contribution >= 4 is 22.9 Å². The number of nitrogens with one attached hydrogen (secondary N) is 2. The van der Waals surface area contributed by atoms with Crippen LogP contribution in [0.25, 0.3) is 0 Å². The zero-order valence-corrected chi connectivity index (χ0v) is 12.9. The van der Waals surface area contributed by atoms with E-state index in [4.69, 9.17) is 0 Å². The number of hydrogen-bond acceptors (Lipinski definition) is 3. The van der Waals surface area contributed by atoms with Crippen LogP contribution in [-0.2, 0) is 11.3 Å². The molecule has 0 spiro atoms. The third-order valence-corrected chi connectivity index (χ3v) is 4.16. The molecule has 0 aliphatic carbocycles. The van der Waals surface area contributed by atoms with Crippen LogP contribution in [0.5, 0.6) is 0 Å². The molecule has 4 heteroatoms. The summed E-state index contributed by atoms with van der Waals surface area (Å²) in [7, 11) is 0. The number of hydrogen-bond donors (Lipinski definition) is 2. The molecule has 1 amide bonds. The van der Waals surface area contributed by atoms with Crippen LogP contribution in [0.1, 0.15) is 22.9 Å². The van der Waals surface area contributed by atoms with E-state index in [-0.39, 0.29) is 11.9 Å². The first kappa shape index (κ1) is 14.8. The molecule has 2 aromatic rings. The van der Waals surface area contributed by atoms with E-state index in [1.165, 1.54) is 4.88 Å². The summed E-state index contributed by atoms with van der Waals surface area (Å²) in [5.41, 5.74) is 3.09. The molecule has 2 N–H and O–H groups in total. The van der Waals surface area contributed by atoms with Crippen LogP contribution in [0.3, 0.4) is 0 Å². The smallest absolute Gasteiger partial charge is 0.241 e. The standard InChI is InChI=1S/C16H20N2OS/c1-11-6-4-7-12(2)15(11)18-16(19)13(3)17-10-14-8-5-9-20-14/h4-9,13,17H,10H2,1-3H3,(H,18,19)/t13-/m0/s1. The van der Waals surface area contributed by atoms with Gasteiger partial charge in [0.1, 0.15) is 0 Å². The number of para-hydroxylation sites is 1. The first-order chi connectivity index (χ1) is 9.58. The van der Waals surface area contributed by atoms with Crippen LogP contribution in [0.2, 0.25) is 0 Å². The Kier molecular flexibility index (Phi) is 4.93. The van der Waals surface area contributed by atoms with Gasteiger partial charge in [-0.15, -0.1) is 11.3 Å². The van der Waals surface area contributed by atoms with Gasteiger partial charge in [-0.25, -0.2) is 0 Å². The van der Waals surface area contributed by atoms with Gasteiger partial charge in [-0.05, 0) is 43.3 Å². The highest BCUT2D eigenvalue weighted by Crippen LogP contribution is 2.19. The normalized spacial score (nSPS) is 12.2. The predicted molar refractivity (Wildman–Crippen MR) is 85.2 cm³/mol. The summed E-state index contributed by atoms with van der Waals surface area (Å²) >= 11 is 1.69. The van der Waals surface area contributed by atoms with Crippen molar-refractivity contribution in [2.24, 2.45) is 0 Å². The van der Waals surface area contributed by atoms with Gasteiger partial charge < -0.3 is 10.6 Å². The maximum absolute atomic E-state index is 12.2. The minimum Gasteiger partial charge on any atom is -0.324 e. The van der Waals surface area contributed by atoms with Gasteiger partial charge in [0, 0.05) is 17.1 Å². The van der Waals surface area contributed by atoms with Crippen molar-refractivity contribution in [3.8, 4) is 0 Å². The lowest BCUT2D eigenvalue weighted by Gasteiger charge is -2.16. The molecule has 2 rings (SSSR count). The van der Waals surface area contributed by atoms with Gasteiger partial charge in [-0.2, -0.15) is 0 Å². The second kappa shape index (κ2) is 6.68. The Morgan fingerprint density at radius 1 is 1.20 bits per heavy atom. The van der Waals surface area contributed by atoms with Crippen LogP contribution in [-0.4, -0.2) is 11.9 Å². The van der Waals surface area contributed by atoms with E-state index in [0.717, 1.165) is 23.4 Å². The molecule has 3 nitrogen and oxygen atoms in total. The fourth-order valence-corrected chi connectivity index (χ4v) is 2.66. The SMILES string of the molecule is Cc1cccc(C)c1NC(=O)[C@H](C)NCc1cccs1. The van der Waals surface area contributed by atoms with Gasteiger partial charge >= 0.3 is 0 Å². The molecule has 0 saturated heterocycles. The fourth-order valence-electron chi connectivity index (χ4n) is 2.00. The van der Waals surface area contributed by atoms with E-state index < -0.39 is 0 Å². The summed E-state index contributed by atoms with van der Waals surface area (Å²) in [5.74, 6) is -0.000967. The van der Waals surface area contributed by atoms with Crippen LogP contribution >= 0.6 is 11.3 Å². The lowest BCUT2D eigenvalue weighted by Crippen LogP contribution is -2.37. The molecule has 0 bridgehead atoms. The number of rotatable bonds is 5. The topological polar surface area (TPSA) is 41.1 Å². The number of amides is 1. The predicted octanol–water partition coefficient (Wildman–Crippen LogP) is 3.48. The summed E-state index contributed by atoms with van der Waals surface area (Å²) in [5, 5.41) is 8.29. The van der Waals surface area contributed by atoms with Gasteiger partial charge in [-0.3, -0.25) is 4.79 Å². The Bertz CT molecular complexity index is 558. The van der Waals surface area contributed by atoms with Crippen molar-refractivity contribution in [1.29, 1.82) is 0 Å². The molecule has 1 heterocycles. The van der Waals surface area contributed by atoms with Gasteiger partial charge in [0.25, 0.3) is 0 Å². The Hall–Kier alpha value is -1.65. The van der Waals surface area contributed by atoms with Crippen molar-refractivity contribution < 1.29 is 4.79 Å². The molecular weight excluding hydrogens is 268 g/mol. The molecule has 1 aromatic heterocycles. The number of carbonyl (C=O) groups excluding carboxylic acids is 1. The van der Waals surface area contributed by atoms with Crippen molar-refractivity contribution in [2.75, 3.05) is 5.32 Å². The van der Waals surface area contributed by atoms with Crippen LogP contribution in [0, 0.1) is 13.8 Å². The number of benzene rings is 1.